The lowest BCUT2D eigenvalue weighted by atomic mass is 10.2. The molecule has 1 aliphatic carbocycles. The van der Waals surface area contributed by atoms with E-state index in [1.165, 1.54) is 31.1 Å². The molecule has 1 aromatic carbocycles. The highest BCUT2D eigenvalue weighted by Crippen LogP contribution is 2.30. The van der Waals surface area contributed by atoms with Crippen molar-refractivity contribution < 1.29 is 4.39 Å². The molecule has 0 saturated heterocycles. The van der Waals surface area contributed by atoms with Gasteiger partial charge in [0.05, 0.1) is 0 Å². The maximum Gasteiger partial charge on any atom is 0.123 e. The van der Waals surface area contributed by atoms with Gasteiger partial charge in [0, 0.05) is 22.3 Å². The zero-order valence-electron chi connectivity index (χ0n) is 10.6. The molecule has 4 heteroatoms. The number of hydrogen-bond donors (Lipinski definition) is 1. The fourth-order valence-corrected chi connectivity index (χ4v) is 4.11. The molecule has 0 radical (unpaired) electrons. The van der Waals surface area contributed by atoms with E-state index in [1.54, 1.807) is 12.1 Å². The highest BCUT2D eigenvalue weighted by molar-refractivity contribution is 9.10. The van der Waals surface area contributed by atoms with Gasteiger partial charge in [-0.25, -0.2) is 4.39 Å². The molecule has 0 aromatic heterocycles. The summed E-state index contributed by atoms with van der Waals surface area (Å²) in [6, 6.07) is 5.44. The minimum absolute atomic E-state index is 0.166. The average Bonchev–Trinajstić information content (AvgIpc) is 2.78. The molecule has 0 heterocycles. The third-order valence-corrected chi connectivity index (χ3v) is 5.50. The standard InChI is InChI=1S/C14H19BrFNS/c1-2-18-14-5-3-4-13(14)17-9-10-8-11(16)6-7-12(10)15/h6-8,13-14,17H,2-5,9H2,1H3. The minimum Gasteiger partial charge on any atom is -0.309 e. The Morgan fingerprint density at radius 1 is 1.44 bits per heavy atom. The third kappa shape index (κ3) is 3.72. The topological polar surface area (TPSA) is 12.0 Å². The first kappa shape index (κ1) is 14.4. The van der Waals surface area contributed by atoms with Gasteiger partial charge in [0.2, 0.25) is 0 Å². The summed E-state index contributed by atoms with van der Waals surface area (Å²) in [7, 11) is 0. The summed E-state index contributed by atoms with van der Waals surface area (Å²) >= 11 is 5.52. The fourth-order valence-electron chi connectivity index (χ4n) is 2.49. The Kier molecular flexibility index (Phi) is 5.52. The lowest BCUT2D eigenvalue weighted by molar-refractivity contribution is 0.529. The molecule has 2 unspecified atom stereocenters. The smallest absolute Gasteiger partial charge is 0.123 e. The Morgan fingerprint density at radius 2 is 2.28 bits per heavy atom. The van der Waals surface area contributed by atoms with Crippen molar-refractivity contribution in [2.75, 3.05) is 5.75 Å². The molecule has 1 saturated carbocycles. The number of halogens is 2. The summed E-state index contributed by atoms with van der Waals surface area (Å²) in [4.78, 5) is 0. The second-order valence-corrected chi connectivity index (χ2v) is 7.02. The molecule has 1 fully saturated rings. The van der Waals surface area contributed by atoms with Crippen LogP contribution in [0.5, 0.6) is 0 Å². The van der Waals surface area contributed by atoms with Gasteiger partial charge in [0.1, 0.15) is 5.82 Å². The molecule has 1 aliphatic rings. The summed E-state index contributed by atoms with van der Waals surface area (Å²) in [5.74, 6) is 1.01. The van der Waals surface area contributed by atoms with Crippen molar-refractivity contribution in [2.24, 2.45) is 0 Å². The summed E-state index contributed by atoms with van der Waals surface area (Å²) in [6.07, 6.45) is 3.85. The van der Waals surface area contributed by atoms with Crippen LogP contribution in [-0.2, 0) is 6.54 Å². The van der Waals surface area contributed by atoms with E-state index >= 15 is 0 Å². The molecule has 0 aliphatic heterocycles. The van der Waals surface area contributed by atoms with Gasteiger partial charge in [-0.15, -0.1) is 0 Å². The zero-order chi connectivity index (χ0) is 13.0. The van der Waals surface area contributed by atoms with Gasteiger partial charge >= 0.3 is 0 Å². The third-order valence-electron chi connectivity index (χ3n) is 3.40. The van der Waals surface area contributed by atoms with Crippen molar-refractivity contribution in [1.29, 1.82) is 0 Å². The van der Waals surface area contributed by atoms with E-state index in [4.69, 9.17) is 0 Å². The van der Waals surface area contributed by atoms with E-state index in [1.807, 2.05) is 11.8 Å². The number of rotatable bonds is 5. The lowest BCUT2D eigenvalue weighted by Crippen LogP contribution is -2.33. The highest BCUT2D eigenvalue weighted by atomic mass is 79.9. The van der Waals surface area contributed by atoms with E-state index in [2.05, 4.69) is 28.2 Å². The van der Waals surface area contributed by atoms with Crippen molar-refractivity contribution in [2.45, 2.75) is 44.0 Å². The number of hydrogen-bond acceptors (Lipinski definition) is 2. The Labute approximate surface area is 121 Å². The van der Waals surface area contributed by atoms with E-state index in [0.29, 0.717) is 6.04 Å². The van der Waals surface area contributed by atoms with Crippen molar-refractivity contribution in [3.8, 4) is 0 Å². The van der Waals surface area contributed by atoms with Crippen LogP contribution in [0.3, 0.4) is 0 Å². The van der Waals surface area contributed by atoms with Gasteiger partial charge < -0.3 is 5.32 Å². The Hall–Kier alpha value is -0.0600. The molecular formula is C14H19BrFNS. The first-order chi connectivity index (χ1) is 8.70. The molecule has 100 valence electrons. The summed E-state index contributed by atoms with van der Waals surface area (Å²) in [5.41, 5.74) is 1.00. The van der Waals surface area contributed by atoms with Crippen LogP contribution >= 0.6 is 27.7 Å². The molecule has 1 nitrogen and oxygen atoms in total. The van der Waals surface area contributed by atoms with Crippen LogP contribution in [0.2, 0.25) is 0 Å². The van der Waals surface area contributed by atoms with E-state index < -0.39 is 0 Å². The molecule has 18 heavy (non-hydrogen) atoms. The summed E-state index contributed by atoms with van der Waals surface area (Å²) < 4.78 is 14.2. The second-order valence-electron chi connectivity index (χ2n) is 4.65. The van der Waals surface area contributed by atoms with E-state index in [0.717, 1.165) is 21.8 Å². The van der Waals surface area contributed by atoms with Crippen LogP contribution in [0.1, 0.15) is 31.7 Å². The second kappa shape index (κ2) is 6.92. The van der Waals surface area contributed by atoms with Gasteiger partial charge in [0.25, 0.3) is 0 Å². The number of benzene rings is 1. The van der Waals surface area contributed by atoms with Crippen molar-refractivity contribution in [3.63, 3.8) is 0 Å². The zero-order valence-corrected chi connectivity index (χ0v) is 13.0. The summed E-state index contributed by atoms with van der Waals surface area (Å²) in [5, 5.41) is 4.31. The molecule has 2 atom stereocenters. The minimum atomic E-state index is -0.166. The normalized spacial score (nSPS) is 23.5. The quantitative estimate of drug-likeness (QED) is 0.860. The molecule has 1 N–H and O–H groups in total. The largest absolute Gasteiger partial charge is 0.309 e. The van der Waals surface area contributed by atoms with Gasteiger partial charge in [-0.2, -0.15) is 11.8 Å². The molecular weight excluding hydrogens is 313 g/mol. The van der Waals surface area contributed by atoms with Crippen molar-refractivity contribution in [3.05, 3.63) is 34.1 Å². The van der Waals surface area contributed by atoms with Gasteiger partial charge in [-0.05, 0) is 42.4 Å². The Bertz CT molecular complexity index is 399. The van der Waals surface area contributed by atoms with Crippen LogP contribution < -0.4 is 5.32 Å². The van der Waals surface area contributed by atoms with Gasteiger partial charge in [-0.3, -0.25) is 0 Å². The molecule has 0 bridgehead atoms. The molecule has 0 spiro atoms. The first-order valence-electron chi connectivity index (χ1n) is 6.49. The van der Waals surface area contributed by atoms with Crippen LogP contribution in [-0.4, -0.2) is 17.0 Å². The maximum atomic E-state index is 13.2. The van der Waals surface area contributed by atoms with Crippen LogP contribution in [0.15, 0.2) is 22.7 Å². The van der Waals surface area contributed by atoms with Gasteiger partial charge in [-0.1, -0.05) is 29.3 Å². The molecule has 0 amide bonds. The Balaban J connectivity index is 1.92. The predicted octanol–water partition coefficient (Wildman–Crippen LogP) is 4.35. The van der Waals surface area contributed by atoms with Crippen LogP contribution in [0.25, 0.3) is 0 Å². The van der Waals surface area contributed by atoms with Crippen LogP contribution in [0.4, 0.5) is 4.39 Å². The molecule has 1 aromatic rings. The van der Waals surface area contributed by atoms with Crippen molar-refractivity contribution in [1.82, 2.24) is 5.32 Å². The maximum absolute atomic E-state index is 13.2. The number of nitrogens with one attached hydrogen (secondary N) is 1. The predicted molar refractivity (Wildman–Crippen MR) is 80.5 cm³/mol. The fraction of sp³-hybridized carbons (Fsp3) is 0.571. The monoisotopic (exact) mass is 331 g/mol. The van der Waals surface area contributed by atoms with E-state index in [9.17, 15) is 4.39 Å². The number of thioether (sulfide) groups is 1. The molecule has 2 rings (SSSR count). The van der Waals surface area contributed by atoms with E-state index in [-0.39, 0.29) is 5.82 Å². The summed E-state index contributed by atoms with van der Waals surface area (Å²) in [6.45, 7) is 2.95. The lowest BCUT2D eigenvalue weighted by Gasteiger charge is -2.20. The average molecular weight is 332 g/mol. The van der Waals surface area contributed by atoms with Crippen LogP contribution in [0, 0.1) is 5.82 Å². The first-order valence-corrected chi connectivity index (χ1v) is 8.33. The highest BCUT2D eigenvalue weighted by Gasteiger charge is 2.26. The Morgan fingerprint density at radius 3 is 3.06 bits per heavy atom. The van der Waals surface area contributed by atoms with Crippen molar-refractivity contribution >= 4 is 27.7 Å². The van der Waals surface area contributed by atoms with Gasteiger partial charge in [0.15, 0.2) is 0 Å². The SMILES string of the molecule is CCSC1CCCC1NCc1cc(F)ccc1Br.